The smallest absolute Gasteiger partial charge is 0.243 e. The number of nitrogens with zero attached hydrogens (tertiary/aromatic N) is 4. The Morgan fingerprint density at radius 3 is 2.82 bits per heavy atom. The maximum atomic E-state index is 13.4. The number of nitrogens with one attached hydrogen (secondary N) is 1. The number of hydrogen-bond donors (Lipinski definition) is 1. The van der Waals surface area contributed by atoms with Crippen LogP contribution in [-0.2, 0) is 32.5 Å². The Balaban J connectivity index is 1.41. The summed E-state index contributed by atoms with van der Waals surface area (Å²) < 4.78 is 34.8. The Hall–Kier alpha value is -2.82. The number of carbonyl (C=O) groups is 1. The van der Waals surface area contributed by atoms with Crippen molar-refractivity contribution < 1.29 is 17.9 Å². The average molecular weight is 472 g/mol. The van der Waals surface area contributed by atoms with Gasteiger partial charge in [-0.1, -0.05) is 35.5 Å². The summed E-state index contributed by atoms with van der Waals surface area (Å²) in [6.07, 6.45) is 2.82. The van der Waals surface area contributed by atoms with Gasteiger partial charge in [0.15, 0.2) is 0 Å². The van der Waals surface area contributed by atoms with Gasteiger partial charge in [0.1, 0.15) is 11.6 Å². The molecule has 9 nitrogen and oxygen atoms in total. The molecule has 1 atom stereocenters. The first-order chi connectivity index (χ1) is 16.0. The summed E-state index contributed by atoms with van der Waals surface area (Å²) in [4.78, 5) is 12.9. The molecule has 1 aliphatic rings. The maximum absolute atomic E-state index is 13.4. The van der Waals surface area contributed by atoms with Crippen LogP contribution < -0.4 is 5.32 Å². The van der Waals surface area contributed by atoms with Gasteiger partial charge in [0.2, 0.25) is 15.9 Å². The number of benzene rings is 2. The van der Waals surface area contributed by atoms with E-state index in [-0.39, 0.29) is 10.8 Å². The SMILES string of the molecule is COCCn1nnc2cc(S(=O)(=O)N3CCCC3C(=O)NCCCc3ccccc3)ccc21. The molecule has 1 saturated heterocycles. The van der Waals surface area contributed by atoms with Gasteiger partial charge >= 0.3 is 0 Å². The summed E-state index contributed by atoms with van der Waals surface area (Å²) >= 11 is 0. The van der Waals surface area contributed by atoms with E-state index < -0.39 is 16.1 Å². The summed E-state index contributed by atoms with van der Waals surface area (Å²) in [5, 5.41) is 11.1. The van der Waals surface area contributed by atoms with Gasteiger partial charge in [-0.2, -0.15) is 4.31 Å². The van der Waals surface area contributed by atoms with Crippen molar-refractivity contribution in [2.24, 2.45) is 0 Å². The molecule has 10 heteroatoms. The highest BCUT2D eigenvalue weighted by atomic mass is 32.2. The molecule has 2 heterocycles. The molecular formula is C23H29N5O4S. The monoisotopic (exact) mass is 471 g/mol. The van der Waals surface area contributed by atoms with E-state index in [1.165, 1.54) is 15.9 Å². The lowest BCUT2D eigenvalue weighted by Crippen LogP contribution is -2.46. The van der Waals surface area contributed by atoms with Crippen LogP contribution in [0.15, 0.2) is 53.4 Å². The lowest BCUT2D eigenvalue weighted by atomic mass is 10.1. The van der Waals surface area contributed by atoms with E-state index in [1.54, 1.807) is 23.9 Å². The fourth-order valence-corrected chi connectivity index (χ4v) is 5.82. The zero-order chi connectivity index (χ0) is 23.3. The summed E-state index contributed by atoms with van der Waals surface area (Å²) in [5.41, 5.74) is 2.44. The quantitative estimate of drug-likeness (QED) is 0.453. The Bertz CT molecular complexity index is 1200. The number of rotatable bonds is 10. The zero-order valence-corrected chi connectivity index (χ0v) is 19.5. The number of carbonyl (C=O) groups excluding carboxylic acids is 1. The third-order valence-electron chi connectivity index (χ3n) is 5.89. The largest absolute Gasteiger partial charge is 0.383 e. The molecule has 1 N–H and O–H groups in total. The molecule has 1 aromatic heterocycles. The first-order valence-corrected chi connectivity index (χ1v) is 12.6. The van der Waals surface area contributed by atoms with E-state index in [4.69, 9.17) is 4.74 Å². The van der Waals surface area contributed by atoms with Crippen LogP contribution in [0.4, 0.5) is 0 Å². The zero-order valence-electron chi connectivity index (χ0n) is 18.7. The van der Waals surface area contributed by atoms with Crippen molar-refractivity contribution in [1.29, 1.82) is 0 Å². The maximum Gasteiger partial charge on any atom is 0.243 e. The molecule has 2 aromatic carbocycles. The van der Waals surface area contributed by atoms with Crippen molar-refractivity contribution in [1.82, 2.24) is 24.6 Å². The Kier molecular flexibility index (Phi) is 7.36. The molecular weight excluding hydrogens is 442 g/mol. The third-order valence-corrected chi connectivity index (χ3v) is 7.79. The van der Waals surface area contributed by atoms with Crippen LogP contribution in [0, 0.1) is 0 Å². The number of aryl methyl sites for hydroxylation is 1. The topological polar surface area (TPSA) is 106 Å². The first-order valence-electron chi connectivity index (χ1n) is 11.2. The van der Waals surface area contributed by atoms with Crippen LogP contribution in [0.25, 0.3) is 11.0 Å². The lowest BCUT2D eigenvalue weighted by Gasteiger charge is -2.23. The van der Waals surface area contributed by atoms with E-state index in [2.05, 4.69) is 27.8 Å². The van der Waals surface area contributed by atoms with Crippen molar-refractivity contribution >= 4 is 27.0 Å². The highest BCUT2D eigenvalue weighted by molar-refractivity contribution is 7.89. The van der Waals surface area contributed by atoms with Gasteiger partial charge in [-0.25, -0.2) is 13.1 Å². The molecule has 0 saturated carbocycles. The van der Waals surface area contributed by atoms with Crippen LogP contribution in [0.2, 0.25) is 0 Å². The molecule has 1 amide bonds. The predicted octanol–water partition coefficient (Wildman–Crippen LogP) is 1.98. The van der Waals surface area contributed by atoms with E-state index >= 15 is 0 Å². The Labute approximate surface area is 193 Å². The standard InChI is InChI=1S/C23H29N5O4S/c1-32-16-15-27-21-12-11-19(17-20(21)25-26-27)33(30,31)28-14-6-10-22(28)23(29)24-13-5-9-18-7-3-2-4-8-18/h2-4,7-8,11-12,17,22H,5-6,9-10,13-16H2,1H3,(H,24,29). The second kappa shape index (κ2) is 10.4. The molecule has 3 aromatic rings. The fourth-order valence-electron chi connectivity index (χ4n) is 4.15. The normalized spacial score (nSPS) is 16.9. The van der Waals surface area contributed by atoms with Gasteiger partial charge in [-0.05, 0) is 49.4 Å². The van der Waals surface area contributed by atoms with Crippen molar-refractivity contribution in [3.63, 3.8) is 0 Å². The number of fused-ring (bicyclic) bond motifs is 1. The highest BCUT2D eigenvalue weighted by Crippen LogP contribution is 2.28. The van der Waals surface area contributed by atoms with E-state index in [0.717, 1.165) is 18.4 Å². The van der Waals surface area contributed by atoms with Crippen LogP contribution in [0.1, 0.15) is 24.8 Å². The van der Waals surface area contributed by atoms with Crippen molar-refractivity contribution in [2.75, 3.05) is 26.8 Å². The minimum atomic E-state index is -3.83. The van der Waals surface area contributed by atoms with Gasteiger partial charge in [-0.3, -0.25) is 4.79 Å². The molecule has 0 bridgehead atoms. The van der Waals surface area contributed by atoms with Gasteiger partial charge in [0, 0.05) is 20.2 Å². The van der Waals surface area contributed by atoms with Crippen molar-refractivity contribution in [3.05, 3.63) is 54.1 Å². The molecule has 33 heavy (non-hydrogen) atoms. The van der Waals surface area contributed by atoms with Gasteiger partial charge in [0.05, 0.1) is 23.6 Å². The molecule has 0 spiro atoms. The van der Waals surface area contributed by atoms with Crippen LogP contribution in [-0.4, -0.2) is 66.5 Å². The lowest BCUT2D eigenvalue weighted by molar-refractivity contribution is -0.124. The van der Waals surface area contributed by atoms with E-state index in [9.17, 15) is 13.2 Å². The molecule has 1 aliphatic heterocycles. The highest BCUT2D eigenvalue weighted by Gasteiger charge is 2.39. The summed E-state index contributed by atoms with van der Waals surface area (Å²) in [6.45, 7) is 1.84. The Morgan fingerprint density at radius 2 is 2.03 bits per heavy atom. The minimum Gasteiger partial charge on any atom is -0.383 e. The second-order valence-electron chi connectivity index (χ2n) is 8.11. The van der Waals surface area contributed by atoms with Gasteiger partial charge in [-0.15, -0.1) is 5.10 Å². The van der Waals surface area contributed by atoms with Crippen LogP contribution >= 0.6 is 0 Å². The van der Waals surface area contributed by atoms with E-state index in [0.29, 0.717) is 44.6 Å². The van der Waals surface area contributed by atoms with Crippen LogP contribution in [0.5, 0.6) is 0 Å². The number of methoxy groups -OCH3 is 1. The first kappa shape index (κ1) is 23.3. The molecule has 176 valence electrons. The van der Waals surface area contributed by atoms with Crippen molar-refractivity contribution in [3.8, 4) is 0 Å². The minimum absolute atomic E-state index is 0.123. The van der Waals surface area contributed by atoms with Gasteiger partial charge < -0.3 is 10.1 Å². The number of sulfonamides is 1. The molecule has 1 fully saturated rings. The number of aromatic nitrogens is 3. The molecule has 0 radical (unpaired) electrons. The summed E-state index contributed by atoms with van der Waals surface area (Å²) in [5.74, 6) is -0.240. The Morgan fingerprint density at radius 1 is 1.21 bits per heavy atom. The third kappa shape index (κ3) is 5.23. The average Bonchev–Trinajstić information content (AvgIpc) is 3.48. The van der Waals surface area contributed by atoms with Crippen LogP contribution in [0.3, 0.4) is 0 Å². The number of ether oxygens (including phenoxy) is 1. The predicted molar refractivity (Wildman–Crippen MR) is 124 cm³/mol. The van der Waals surface area contributed by atoms with Crippen molar-refractivity contribution in [2.45, 2.75) is 43.2 Å². The molecule has 4 rings (SSSR count). The summed E-state index contributed by atoms with van der Waals surface area (Å²) in [7, 11) is -2.23. The molecule has 0 aliphatic carbocycles. The second-order valence-corrected chi connectivity index (χ2v) is 10.0. The van der Waals surface area contributed by atoms with E-state index in [1.807, 2.05) is 18.2 Å². The molecule has 1 unspecified atom stereocenters. The number of hydrogen-bond acceptors (Lipinski definition) is 6. The fraction of sp³-hybridized carbons (Fsp3) is 0.435. The van der Waals surface area contributed by atoms with Gasteiger partial charge in [0.25, 0.3) is 0 Å². The summed E-state index contributed by atoms with van der Waals surface area (Å²) in [6, 6.07) is 14.2. The number of amides is 1.